The first-order valence-corrected chi connectivity index (χ1v) is 5.30. The van der Waals surface area contributed by atoms with Crippen molar-refractivity contribution in [2.45, 2.75) is 13.3 Å². The second-order valence-electron chi connectivity index (χ2n) is 2.34. The topological polar surface area (TPSA) is 75.1 Å². The molecule has 0 spiro atoms. The Morgan fingerprint density at radius 3 is 3.00 bits per heavy atom. The SMILES string of the molecule is CCCN=C1N=S(C)N=C(N)N1. The summed E-state index contributed by atoms with van der Waals surface area (Å²) >= 11 is 0. The highest BCUT2D eigenvalue weighted by Crippen LogP contribution is 1.93. The standard InChI is InChI=1S/C6H13N5S/c1-3-4-8-6-9-5(7)10-12(2)11-6/h3-4H2,1-2H3,(H3,7,8,9,10,11). The van der Waals surface area contributed by atoms with Crippen LogP contribution >= 0.6 is 0 Å². The molecule has 1 unspecified atom stereocenters. The molecular weight excluding hydrogens is 174 g/mol. The molecule has 0 aromatic heterocycles. The van der Waals surface area contributed by atoms with Crippen LogP contribution in [0.2, 0.25) is 0 Å². The predicted octanol–water partition coefficient (Wildman–Crippen LogP) is 0.0170. The van der Waals surface area contributed by atoms with Crippen molar-refractivity contribution in [3.05, 3.63) is 0 Å². The van der Waals surface area contributed by atoms with E-state index in [1.165, 1.54) is 0 Å². The van der Waals surface area contributed by atoms with Crippen LogP contribution in [-0.4, -0.2) is 24.7 Å². The number of nitrogens with zero attached hydrogens (tertiary/aromatic N) is 3. The summed E-state index contributed by atoms with van der Waals surface area (Å²) in [5, 5.41) is 2.80. The van der Waals surface area contributed by atoms with E-state index in [0.29, 0.717) is 11.9 Å². The Kier molecular flexibility index (Phi) is 3.21. The van der Waals surface area contributed by atoms with E-state index in [9.17, 15) is 0 Å². The van der Waals surface area contributed by atoms with Gasteiger partial charge in [0.2, 0.25) is 11.9 Å². The van der Waals surface area contributed by atoms with Crippen molar-refractivity contribution in [3.8, 4) is 0 Å². The first-order chi connectivity index (χ1) is 5.72. The molecule has 5 nitrogen and oxygen atoms in total. The van der Waals surface area contributed by atoms with Crippen LogP contribution in [-0.2, 0) is 10.9 Å². The molecule has 6 heteroatoms. The molecule has 0 fully saturated rings. The first-order valence-electron chi connectivity index (χ1n) is 3.76. The molecule has 1 aliphatic heterocycles. The molecule has 0 saturated heterocycles. The van der Waals surface area contributed by atoms with Crippen LogP contribution < -0.4 is 11.1 Å². The Balaban J connectivity index is 2.67. The summed E-state index contributed by atoms with van der Waals surface area (Å²) in [5.41, 5.74) is 5.49. The normalized spacial score (nSPS) is 26.0. The smallest absolute Gasteiger partial charge is 0.232 e. The summed E-state index contributed by atoms with van der Waals surface area (Å²) in [6, 6.07) is 0. The zero-order valence-electron chi connectivity index (χ0n) is 7.24. The number of nitrogens with two attached hydrogens (primary N) is 1. The monoisotopic (exact) mass is 187 g/mol. The van der Waals surface area contributed by atoms with Gasteiger partial charge in [-0.05, 0) is 6.42 Å². The van der Waals surface area contributed by atoms with Gasteiger partial charge in [-0.25, -0.2) is 0 Å². The van der Waals surface area contributed by atoms with Gasteiger partial charge >= 0.3 is 0 Å². The van der Waals surface area contributed by atoms with Gasteiger partial charge in [0, 0.05) is 23.7 Å². The van der Waals surface area contributed by atoms with Gasteiger partial charge in [-0.3, -0.25) is 10.3 Å². The maximum Gasteiger partial charge on any atom is 0.232 e. The Bertz CT molecular complexity index is 255. The average Bonchev–Trinajstić information content (AvgIpc) is 1.99. The van der Waals surface area contributed by atoms with Crippen molar-refractivity contribution < 1.29 is 0 Å². The minimum Gasteiger partial charge on any atom is -0.369 e. The highest BCUT2D eigenvalue weighted by atomic mass is 32.2. The third kappa shape index (κ3) is 2.61. The van der Waals surface area contributed by atoms with Gasteiger partial charge in [0.15, 0.2) is 0 Å². The minimum absolute atomic E-state index is 0.359. The van der Waals surface area contributed by atoms with Crippen LogP contribution in [0.15, 0.2) is 13.8 Å². The number of rotatable bonds is 2. The van der Waals surface area contributed by atoms with E-state index in [2.05, 4.69) is 26.0 Å². The first kappa shape index (κ1) is 9.18. The van der Waals surface area contributed by atoms with Crippen LogP contribution in [0, 0.1) is 0 Å². The summed E-state index contributed by atoms with van der Waals surface area (Å²) in [7, 11) is -0.359. The van der Waals surface area contributed by atoms with Crippen molar-refractivity contribution in [2.75, 3.05) is 12.8 Å². The second kappa shape index (κ2) is 4.20. The summed E-state index contributed by atoms with van der Waals surface area (Å²) < 4.78 is 8.17. The van der Waals surface area contributed by atoms with Crippen LogP contribution in [0.4, 0.5) is 0 Å². The predicted molar refractivity (Wildman–Crippen MR) is 53.1 cm³/mol. The zero-order chi connectivity index (χ0) is 8.97. The van der Waals surface area contributed by atoms with E-state index in [0.717, 1.165) is 13.0 Å². The highest BCUT2D eigenvalue weighted by Gasteiger charge is 2.04. The molecule has 3 N–H and O–H groups in total. The number of hydrogen-bond donors (Lipinski definition) is 2. The zero-order valence-corrected chi connectivity index (χ0v) is 8.06. The quantitative estimate of drug-likeness (QED) is 0.639. The molecule has 0 saturated carbocycles. The Labute approximate surface area is 74.4 Å². The van der Waals surface area contributed by atoms with Gasteiger partial charge < -0.3 is 5.73 Å². The fourth-order valence-electron chi connectivity index (χ4n) is 0.734. The Hall–Kier alpha value is -0.910. The fraction of sp³-hybridized carbons (Fsp3) is 0.667. The molecule has 1 atom stereocenters. The molecule has 12 heavy (non-hydrogen) atoms. The highest BCUT2D eigenvalue weighted by molar-refractivity contribution is 7.85. The lowest BCUT2D eigenvalue weighted by Gasteiger charge is -2.09. The lowest BCUT2D eigenvalue weighted by atomic mass is 10.5. The van der Waals surface area contributed by atoms with Crippen molar-refractivity contribution in [1.82, 2.24) is 5.32 Å². The molecule has 0 aliphatic carbocycles. The summed E-state index contributed by atoms with van der Waals surface area (Å²) in [6.45, 7) is 2.84. The molecule has 0 aromatic carbocycles. The maximum atomic E-state index is 5.49. The number of aliphatic imine (C=N–C) groups is 1. The van der Waals surface area contributed by atoms with E-state index in [1.54, 1.807) is 0 Å². The summed E-state index contributed by atoms with van der Waals surface area (Å²) in [5.74, 6) is 1.01. The van der Waals surface area contributed by atoms with E-state index in [1.807, 2.05) is 6.26 Å². The van der Waals surface area contributed by atoms with Gasteiger partial charge in [-0.2, -0.15) is 8.76 Å². The van der Waals surface area contributed by atoms with Gasteiger partial charge in [-0.1, -0.05) is 6.92 Å². The number of guanidine groups is 2. The minimum atomic E-state index is -0.359. The number of nitrogens with one attached hydrogen (secondary N) is 1. The molecule has 1 heterocycles. The van der Waals surface area contributed by atoms with Crippen molar-refractivity contribution >= 4 is 22.8 Å². The molecule has 0 amide bonds. The van der Waals surface area contributed by atoms with Gasteiger partial charge in [0.1, 0.15) is 0 Å². The fourth-order valence-corrected chi connectivity index (χ4v) is 1.46. The third-order valence-electron chi connectivity index (χ3n) is 1.17. The van der Waals surface area contributed by atoms with E-state index < -0.39 is 0 Å². The molecule has 0 bridgehead atoms. The third-order valence-corrected chi connectivity index (χ3v) is 2.07. The molecule has 0 radical (unpaired) electrons. The molecule has 68 valence electrons. The Morgan fingerprint density at radius 1 is 1.67 bits per heavy atom. The van der Waals surface area contributed by atoms with Crippen LogP contribution in [0.25, 0.3) is 0 Å². The van der Waals surface area contributed by atoms with Crippen molar-refractivity contribution in [2.24, 2.45) is 19.5 Å². The van der Waals surface area contributed by atoms with E-state index in [4.69, 9.17) is 5.73 Å². The summed E-state index contributed by atoms with van der Waals surface area (Å²) in [6.07, 6.45) is 2.91. The number of hydrogen-bond acceptors (Lipinski definition) is 3. The summed E-state index contributed by atoms with van der Waals surface area (Å²) in [4.78, 5) is 4.19. The lowest BCUT2D eigenvalue weighted by molar-refractivity contribution is 0.922. The van der Waals surface area contributed by atoms with E-state index in [-0.39, 0.29) is 10.9 Å². The second-order valence-corrected chi connectivity index (χ2v) is 3.60. The van der Waals surface area contributed by atoms with Crippen LogP contribution in [0.1, 0.15) is 13.3 Å². The Morgan fingerprint density at radius 2 is 2.42 bits per heavy atom. The van der Waals surface area contributed by atoms with E-state index >= 15 is 0 Å². The maximum absolute atomic E-state index is 5.49. The molecule has 0 aromatic rings. The van der Waals surface area contributed by atoms with Gasteiger partial charge in [-0.15, -0.1) is 0 Å². The molecule has 1 aliphatic rings. The largest absolute Gasteiger partial charge is 0.369 e. The van der Waals surface area contributed by atoms with Crippen molar-refractivity contribution in [1.29, 1.82) is 0 Å². The van der Waals surface area contributed by atoms with Crippen LogP contribution in [0.5, 0.6) is 0 Å². The van der Waals surface area contributed by atoms with Crippen molar-refractivity contribution in [3.63, 3.8) is 0 Å². The molecule has 1 rings (SSSR count). The lowest BCUT2D eigenvalue weighted by Crippen LogP contribution is -2.38. The van der Waals surface area contributed by atoms with Crippen LogP contribution in [0.3, 0.4) is 0 Å². The van der Waals surface area contributed by atoms with Gasteiger partial charge in [0.05, 0.1) is 0 Å². The van der Waals surface area contributed by atoms with Gasteiger partial charge in [0.25, 0.3) is 0 Å². The molecular formula is C6H13N5S. The average molecular weight is 187 g/mol.